The highest BCUT2D eigenvalue weighted by molar-refractivity contribution is 7.86. The molecule has 0 amide bonds. The van der Waals surface area contributed by atoms with Crippen LogP contribution in [0.5, 0.6) is 0 Å². The van der Waals surface area contributed by atoms with Crippen LogP contribution in [-0.4, -0.2) is 14.2 Å². The van der Waals surface area contributed by atoms with Crippen molar-refractivity contribution in [3.05, 3.63) is 41.2 Å². The lowest BCUT2D eigenvalue weighted by Gasteiger charge is -2.17. The molecule has 0 atom stereocenters. The van der Waals surface area contributed by atoms with Crippen LogP contribution in [0.25, 0.3) is 0 Å². The second-order valence-corrected chi connectivity index (χ2v) is 6.22. The van der Waals surface area contributed by atoms with Crippen LogP contribution >= 0.6 is 0 Å². The average Bonchev–Trinajstić information content (AvgIpc) is 2.35. The molecule has 0 aliphatic heterocycles. The van der Waals surface area contributed by atoms with Gasteiger partial charge < -0.3 is 4.18 Å². The lowest BCUT2D eigenvalue weighted by atomic mass is 9.98. The third kappa shape index (κ3) is 3.04. The van der Waals surface area contributed by atoms with E-state index in [4.69, 9.17) is 4.18 Å². The molecule has 1 aliphatic carbocycles. The second kappa shape index (κ2) is 5.17. The molecule has 19 heavy (non-hydrogen) atoms. The Kier molecular flexibility index (Phi) is 3.75. The van der Waals surface area contributed by atoms with Gasteiger partial charge in [-0.1, -0.05) is 17.7 Å². The predicted octanol–water partition coefficient (Wildman–Crippen LogP) is 2.73. The molecule has 0 saturated carbocycles. The van der Waals surface area contributed by atoms with Crippen molar-refractivity contribution in [2.75, 3.05) is 0 Å². The number of hydrogen-bond donors (Lipinski definition) is 0. The maximum atomic E-state index is 12.1. The number of carbonyl (C=O) groups is 1. The van der Waals surface area contributed by atoms with Gasteiger partial charge in [0.25, 0.3) is 0 Å². The molecule has 0 spiro atoms. The lowest BCUT2D eigenvalue weighted by molar-refractivity contribution is -0.116. The summed E-state index contributed by atoms with van der Waals surface area (Å²) in [4.78, 5) is 11.6. The minimum Gasteiger partial charge on any atom is -0.383 e. The fourth-order valence-electron chi connectivity index (χ4n) is 1.93. The molecule has 0 N–H and O–H groups in total. The van der Waals surface area contributed by atoms with Crippen LogP contribution in [-0.2, 0) is 19.1 Å². The number of carbonyl (C=O) groups excluding carboxylic acids is 1. The van der Waals surface area contributed by atoms with Crippen LogP contribution in [0.15, 0.2) is 40.5 Å². The Labute approximate surface area is 113 Å². The summed E-state index contributed by atoms with van der Waals surface area (Å²) in [6.07, 6.45) is 1.58. The monoisotopic (exact) mass is 280 g/mol. The van der Waals surface area contributed by atoms with E-state index in [1.54, 1.807) is 19.1 Å². The van der Waals surface area contributed by atoms with E-state index in [0.717, 1.165) is 5.56 Å². The molecule has 0 bridgehead atoms. The summed E-state index contributed by atoms with van der Waals surface area (Å²) in [6.45, 7) is 3.49. The van der Waals surface area contributed by atoms with E-state index in [1.165, 1.54) is 12.1 Å². The first-order chi connectivity index (χ1) is 8.90. The smallest absolute Gasteiger partial charge is 0.338 e. The maximum Gasteiger partial charge on any atom is 0.338 e. The Morgan fingerprint density at radius 3 is 2.32 bits per heavy atom. The standard InChI is InChI=1S/C14H16O4S/c1-10-6-8-12(9-7-10)19(16,17)18-14-5-3-4-13(15)11(14)2/h6-9H,3-5H2,1-2H3. The summed E-state index contributed by atoms with van der Waals surface area (Å²) in [6, 6.07) is 6.43. The Morgan fingerprint density at radius 2 is 1.68 bits per heavy atom. The second-order valence-electron chi connectivity index (χ2n) is 4.68. The van der Waals surface area contributed by atoms with Crippen LogP contribution in [0.4, 0.5) is 0 Å². The van der Waals surface area contributed by atoms with E-state index >= 15 is 0 Å². The molecule has 0 heterocycles. The summed E-state index contributed by atoms with van der Waals surface area (Å²) in [5, 5.41) is 0. The van der Waals surface area contributed by atoms with E-state index in [1.807, 2.05) is 6.92 Å². The predicted molar refractivity (Wildman–Crippen MR) is 71.0 cm³/mol. The highest BCUT2D eigenvalue weighted by Crippen LogP contribution is 2.26. The van der Waals surface area contributed by atoms with Gasteiger partial charge in [-0.25, -0.2) is 0 Å². The fraction of sp³-hybridized carbons (Fsp3) is 0.357. The molecule has 2 rings (SSSR count). The van der Waals surface area contributed by atoms with Crippen molar-refractivity contribution in [2.24, 2.45) is 0 Å². The summed E-state index contributed by atoms with van der Waals surface area (Å²) < 4.78 is 29.3. The van der Waals surface area contributed by atoms with E-state index in [9.17, 15) is 13.2 Å². The molecule has 1 aromatic rings. The highest BCUT2D eigenvalue weighted by Gasteiger charge is 2.24. The largest absolute Gasteiger partial charge is 0.383 e. The van der Waals surface area contributed by atoms with Crippen molar-refractivity contribution in [1.82, 2.24) is 0 Å². The van der Waals surface area contributed by atoms with Gasteiger partial charge in [-0.05, 0) is 32.4 Å². The van der Waals surface area contributed by atoms with Gasteiger partial charge in [0, 0.05) is 18.4 Å². The van der Waals surface area contributed by atoms with Gasteiger partial charge in [0.2, 0.25) is 0 Å². The summed E-state index contributed by atoms with van der Waals surface area (Å²) >= 11 is 0. The Bertz CT molecular complexity index is 624. The molecule has 0 radical (unpaired) electrons. The molecule has 1 aromatic carbocycles. The van der Waals surface area contributed by atoms with Crippen LogP contribution in [0.3, 0.4) is 0 Å². The highest BCUT2D eigenvalue weighted by atomic mass is 32.2. The Hall–Kier alpha value is -1.62. The molecule has 5 heteroatoms. The molecule has 4 nitrogen and oxygen atoms in total. The topological polar surface area (TPSA) is 60.4 Å². The minimum absolute atomic E-state index is 0.0413. The van der Waals surface area contributed by atoms with Gasteiger partial charge in [0.15, 0.2) is 5.78 Å². The summed E-state index contributed by atoms with van der Waals surface area (Å²) in [7, 11) is -3.84. The van der Waals surface area contributed by atoms with E-state index in [-0.39, 0.29) is 16.4 Å². The van der Waals surface area contributed by atoms with Crippen LogP contribution in [0.1, 0.15) is 31.7 Å². The van der Waals surface area contributed by atoms with Gasteiger partial charge in [0.05, 0.1) is 0 Å². The molecule has 1 aliphatic rings. The van der Waals surface area contributed by atoms with Crippen molar-refractivity contribution in [3.63, 3.8) is 0 Å². The lowest BCUT2D eigenvalue weighted by Crippen LogP contribution is -2.15. The molecule has 0 fully saturated rings. The molecular formula is C14H16O4S. The number of Topliss-reactive ketones (excluding diaryl/α,β-unsaturated/α-hetero) is 1. The summed E-state index contributed by atoms with van der Waals surface area (Å²) in [5.74, 6) is 0.234. The molecule has 0 unspecified atom stereocenters. The van der Waals surface area contributed by atoms with Crippen molar-refractivity contribution >= 4 is 15.9 Å². The summed E-state index contributed by atoms with van der Waals surface area (Å²) in [5.41, 5.74) is 1.39. The Balaban J connectivity index is 2.29. The number of ketones is 1. The van der Waals surface area contributed by atoms with Crippen molar-refractivity contribution in [3.8, 4) is 0 Å². The third-order valence-corrected chi connectivity index (χ3v) is 4.43. The number of rotatable bonds is 3. The van der Waals surface area contributed by atoms with E-state index in [2.05, 4.69) is 0 Å². The van der Waals surface area contributed by atoms with E-state index < -0.39 is 10.1 Å². The van der Waals surface area contributed by atoms with Crippen molar-refractivity contribution in [1.29, 1.82) is 0 Å². The quantitative estimate of drug-likeness (QED) is 0.799. The zero-order valence-electron chi connectivity index (χ0n) is 11.0. The van der Waals surface area contributed by atoms with Gasteiger partial charge in [-0.3, -0.25) is 4.79 Å². The minimum atomic E-state index is -3.84. The van der Waals surface area contributed by atoms with Gasteiger partial charge in [-0.15, -0.1) is 0 Å². The molecular weight excluding hydrogens is 264 g/mol. The van der Waals surface area contributed by atoms with Crippen molar-refractivity contribution in [2.45, 2.75) is 38.0 Å². The van der Waals surface area contributed by atoms with Crippen molar-refractivity contribution < 1.29 is 17.4 Å². The number of aryl methyl sites for hydroxylation is 1. The van der Waals surface area contributed by atoms with Crippen LogP contribution in [0, 0.1) is 6.92 Å². The number of benzene rings is 1. The van der Waals surface area contributed by atoms with Gasteiger partial charge in [0.1, 0.15) is 10.7 Å². The third-order valence-electron chi connectivity index (χ3n) is 3.16. The number of allylic oxidation sites excluding steroid dienone is 2. The van der Waals surface area contributed by atoms with Gasteiger partial charge in [-0.2, -0.15) is 8.42 Å². The zero-order chi connectivity index (χ0) is 14.0. The van der Waals surface area contributed by atoms with Crippen LogP contribution < -0.4 is 0 Å². The van der Waals surface area contributed by atoms with Gasteiger partial charge >= 0.3 is 10.1 Å². The zero-order valence-corrected chi connectivity index (χ0v) is 11.8. The maximum absolute atomic E-state index is 12.1. The first-order valence-corrected chi connectivity index (χ1v) is 7.55. The first-order valence-electron chi connectivity index (χ1n) is 6.14. The van der Waals surface area contributed by atoms with Crippen LogP contribution in [0.2, 0.25) is 0 Å². The molecule has 0 saturated heterocycles. The molecule has 102 valence electrons. The molecule has 0 aromatic heterocycles. The first kappa shape index (κ1) is 13.8. The fourth-order valence-corrected chi connectivity index (χ4v) is 2.97. The Morgan fingerprint density at radius 1 is 1.05 bits per heavy atom. The SMILES string of the molecule is CC1=C(OS(=O)(=O)c2ccc(C)cc2)CCCC1=O. The normalized spacial score (nSPS) is 16.6. The number of hydrogen-bond acceptors (Lipinski definition) is 4. The van der Waals surface area contributed by atoms with E-state index in [0.29, 0.717) is 24.8 Å². The average molecular weight is 280 g/mol.